The average molecular weight is 288 g/mol. The number of hydrogen-bond acceptors (Lipinski definition) is 3. The van der Waals surface area contributed by atoms with Gasteiger partial charge in [-0.25, -0.2) is 0 Å². The molecular formula is C16H20N2OS. The molecule has 2 unspecified atom stereocenters. The van der Waals surface area contributed by atoms with Gasteiger partial charge in [-0.3, -0.25) is 4.79 Å². The van der Waals surface area contributed by atoms with Crippen molar-refractivity contribution in [3.05, 3.63) is 52.2 Å². The summed E-state index contributed by atoms with van der Waals surface area (Å²) in [6, 6.07) is 9.71. The molecule has 0 aliphatic carbocycles. The van der Waals surface area contributed by atoms with Crippen LogP contribution >= 0.6 is 11.3 Å². The lowest BCUT2D eigenvalue weighted by molar-refractivity contribution is -0.122. The number of thiophene rings is 1. The first-order valence-electron chi connectivity index (χ1n) is 6.73. The number of rotatable bonds is 5. The van der Waals surface area contributed by atoms with E-state index in [0.717, 1.165) is 12.0 Å². The summed E-state index contributed by atoms with van der Waals surface area (Å²) < 4.78 is 0. The van der Waals surface area contributed by atoms with E-state index in [1.165, 1.54) is 5.56 Å². The highest BCUT2D eigenvalue weighted by molar-refractivity contribution is 7.07. The summed E-state index contributed by atoms with van der Waals surface area (Å²) in [7, 11) is 0. The molecule has 20 heavy (non-hydrogen) atoms. The van der Waals surface area contributed by atoms with E-state index in [1.54, 1.807) is 11.3 Å². The molecule has 2 aromatic rings. The Labute approximate surface area is 123 Å². The first-order valence-corrected chi connectivity index (χ1v) is 7.67. The maximum absolute atomic E-state index is 12.2. The normalized spacial score (nSPS) is 13.7. The predicted octanol–water partition coefficient (Wildman–Crippen LogP) is 3.18. The van der Waals surface area contributed by atoms with Crippen LogP contribution in [0.15, 0.2) is 41.1 Å². The highest BCUT2D eigenvalue weighted by atomic mass is 32.1. The molecule has 2 rings (SSSR count). The topological polar surface area (TPSA) is 55.1 Å². The molecule has 1 aromatic heterocycles. The third kappa shape index (κ3) is 3.84. The summed E-state index contributed by atoms with van der Waals surface area (Å²) in [4.78, 5) is 12.2. The minimum Gasteiger partial charge on any atom is -0.399 e. The van der Waals surface area contributed by atoms with E-state index in [0.29, 0.717) is 5.69 Å². The van der Waals surface area contributed by atoms with Crippen LogP contribution in [0.5, 0.6) is 0 Å². The van der Waals surface area contributed by atoms with Gasteiger partial charge in [0.2, 0.25) is 5.91 Å². The second-order valence-electron chi connectivity index (χ2n) is 5.14. The zero-order valence-corrected chi connectivity index (χ0v) is 12.6. The summed E-state index contributed by atoms with van der Waals surface area (Å²) in [5, 5.41) is 7.23. The van der Waals surface area contributed by atoms with Crippen LogP contribution in [0.25, 0.3) is 0 Å². The zero-order chi connectivity index (χ0) is 14.5. The predicted molar refractivity (Wildman–Crippen MR) is 84.9 cm³/mol. The van der Waals surface area contributed by atoms with Gasteiger partial charge in [-0.1, -0.05) is 12.1 Å². The molecule has 0 aliphatic rings. The third-order valence-electron chi connectivity index (χ3n) is 3.31. The van der Waals surface area contributed by atoms with Crippen LogP contribution in [0.1, 0.15) is 30.9 Å². The third-order valence-corrected chi connectivity index (χ3v) is 4.05. The smallest absolute Gasteiger partial charge is 0.227 e. The van der Waals surface area contributed by atoms with Crippen molar-refractivity contribution in [1.29, 1.82) is 0 Å². The van der Waals surface area contributed by atoms with E-state index in [9.17, 15) is 4.79 Å². The second kappa shape index (κ2) is 6.57. The Balaban J connectivity index is 1.94. The van der Waals surface area contributed by atoms with Gasteiger partial charge in [-0.05, 0) is 60.4 Å². The summed E-state index contributed by atoms with van der Waals surface area (Å²) in [5.41, 5.74) is 8.66. The highest BCUT2D eigenvalue weighted by Crippen LogP contribution is 2.18. The molecule has 1 heterocycles. The van der Waals surface area contributed by atoms with Crippen molar-refractivity contribution >= 4 is 22.9 Å². The molecule has 1 aromatic carbocycles. The van der Waals surface area contributed by atoms with Crippen LogP contribution in [-0.4, -0.2) is 11.9 Å². The van der Waals surface area contributed by atoms with Gasteiger partial charge in [0.1, 0.15) is 0 Å². The van der Waals surface area contributed by atoms with Gasteiger partial charge >= 0.3 is 0 Å². The van der Waals surface area contributed by atoms with E-state index in [2.05, 4.69) is 22.1 Å². The number of anilines is 1. The maximum Gasteiger partial charge on any atom is 0.227 e. The number of carbonyl (C=O) groups excluding carboxylic acids is 1. The molecule has 3 nitrogen and oxygen atoms in total. The van der Waals surface area contributed by atoms with E-state index in [4.69, 9.17) is 5.73 Å². The number of nitrogens with two attached hydrogens (primary N) is 1. The lowest BCUT2D eigenvalue weighted by Crippen LogP contribution is -2.36. The first-order chi connectivity index (χ1) is 9.56. The van der Waals surface area contributed by atoms with Gasteiger partial charge in [0.05, 0.1) is 5.92 Å². The number of hydrogen-bond donors (Lipinski definition) is 2. The van der Waals surface area contributed by atoms with Crippen molar-refractivity contribution in [3.63, 3.8) is 0 Å². The van der Waals surface area contributed by atoms with E-state index in [-0.39, 0.29) is 17.9 Å². The molecule has 0 spiro atoms. The molecular weight excluding hydrogens is 268 g/mol. The fraction of sp³-hybridized carbons (Fsp3) is 0.312. The Morgan fingerprint density at radius 3 is 2.80 bits per heavy atom. The van der Waals surface area contributed by atoms with Crippen molar-refractivity contribution < 1.29 is 4.79 Å². The van der Waals surface area contributed by atoms with Crippen LogP contribution < -0.4 is 11.1 Å². The number of amides is 1. The molecule has 0 fully saturated rings. The van der Waals surface area contributed by atoms with Gasteiger partial charge in [-0.15, -0.1) is 0 Å². The Hall–Kier alpha value is -1.81. The Kier molecular flexibility index (Phi) is 4.79. The standard InChI is InChI=1S/C16H20N2OS/c1-11(8-13-6-7-20-10-13)18-16(19)12(2)14-4-3-5-15(17)9-14/h3-7,9-12H,8,17H2,1-2H3,(H,18,19). The number of carbonyl (C=O) groups is 1. The van der Waals surface area contributed by atoms with Crippen LogP contribution in [-0.2, 0) is 11.2 Å². The van der Waals surface area contributed by atoms with Crippen LogP contribution in [0.2, 0.25) is 0 Å². The van der Waals surface area contributed by atoms with Crippen molar-refractivity contribution in [2.45, 2.75) is 32.2 Å². The van der Waals surface area contributed by atoms with Crippen molar-refractivity contribution in [1.82, 2.24) is 5.32 Å². The molecule has 3 N–H and O–H groups in total. The number of nitrogens with one attached hydrogen (secondary N) is 1. The van der Waals surface area contributed by atoms with Gasteiger partial charge < -0.3 is 11.1 Å². The zero-order valence-electron chi connectivity index (χ0n) is 11.8. The Morgan fingerprint density at radius 2 is 2.15 bits per heavy atom. The minimum atomic E-state index is -0.191. The monoisotopic (exact) mass is 288 g/mol. The maximum atomic E-state index is 12.2. The lowest BCUT2D eigenvalue weighted by Gasteiger charge is -2.17. The molecule has 0 aliphatic heterocycles. The van der Waals surface area contributed by atoms with Gasteiger partial charge in [0.15, 0.2) is 0 Å². The van der Waals surface area contributed by atoms with Crippen LogP contribution in [0.4, 0.5) is 5.69 Å². The average Bonchev–Trinajstić information content (AvgIpc) is 2.90. The van der Waals surface area contributed by atoms with E-state index in [1.807, 2.05) is 38.1 Å². The SMILES string of the molecule is CC(Cc1ccsc1)NC(=O)C(C)c1cccc(N)c1. The Bertz CT molecular complexity index is 566. The molecule has 0 radical (unpaired) electrons. The fourth-order valence-corrected chi connectivity index (χ4v) is 2.84. The second-order valence-corrected chi connectivity index (χ2v) is 5.92. The quantitative estimate of drug-likeness (QED) is 0.830. The number of nitrogen functional groups attached to an aromatic ring is 1. The molecule has 1 amide bonds. The van der Waals surface area contributed by atoms with Gasteiger partial charge in [0.25, 0.3) is 0 Å². The van der Waals surface area contributed by atoms with Gasteiger partial charge in [-0.2, -0.15) is 11.3 Å². The summed E-state index contributed by atoms with van der Waals surface area (Å²) in [6.45, 7) is 3.93. The minimum absolute atomic E-state index is 0.0401. The lowest BCUT2D eigenvalue weighted by atomic mass is 9.99. The van der Waals surface area contributed by atoms with Crippen LogP contribution in [0, 0.1) is 0 Å². The van der Waals surface area contributed by atoms with Crippen molar-refractivity contribution in [2.24, 2.45) is 0 Å². The fourth-order valence-electron chi connectivity index (χ4n) is 2.16. The van der Waals surface area contributed by atoms with Crippen molar-refractivity contribution in [3.8, 4) is 0 Å². The molecule has 0 saturated carbocycles. The number of benzene rings is 1. The van der Waals surface area contributed by atoms with E-state index >= 15 is 0 Å². The van der Waals surface area contributed by atoms with Crippen LogP contribution in [0.3, 0.4) is 0 Å². The molecule has 0 bridgehead atoms. The van der Waals surface area contributed by atoms with Crippen molar-refractivity contribution in [2.75, 3.05) is 5.73 Å². The van der Waals surface area contributed by atoms with E-state index < -0.39 is 0 Å². The molecule has 4 heteroatoms. The molecule has 106 valence electrons. The largest absolute Gasteiger partial charge is 0.399 e. The summed E-state index contributed by atoms with van der Waals surface area (Å²) in [6.07, 6.45) is 0.860. The highest BCUT2D eigenvalue weighted by Gasteiger charge is 2.17. The first kappa shape index (κ1) is 14.6. The molecule has 0 saturated heterocycles. The van der Waals surface area contributed by atoms with Gasteiger partial charge in [0, 0.05) is 11.7 Å². The summed E-state index contributed by atoms with van der Waals surface area (Å²) in [5.74, 6) is -0.151. The Morgan fingerprint density at radius 1 is 1.35 bits per heavy atom. The molecule has 2 atom stereocenters. The summed E-state index contributed by atoms with van der Waals surface area (Å²) >= 11 is 1.68.